The van der Waals surface area contributed by atoms with Gasteiger partial charge in [0.1, 0.15) is 10.8 Å². The van der Waals surface area contributed by atoms with Crippen LogP contribution >= 0.6 is 11.3 Å². The maximum Gasteiger partial charge on any atom is 0.262 e. The maximum atomic E-state index is 13.1. The van der Waals surface area contributed by atoms with E-state index in [0.717, 1.165) is 11.3 Å². The predicted molar refractivity (Wildman–Crippen MR) is 85.7 cm³/mol. The van der Waals surface area contributed by atoms with Crippen LogP contribution in [0.25, 0.3) is 0 Å². The van der Waals surface area contributed by atoms with Crippen molar-refractivity contribution < 1.29 is 18.3 Å². The molecule has 1 aliphatic rings. The van der Waals surface area contributed by atoms with Crippen molar-refractivity contribution in [1.82, 2.24) is 15.5 Å². The monoisotopic (exact) mass is 354 g/mol. The van der Waals surface area contributed by atoms with Gasteiger partial charge in [0, 0.05) is 12.8 Å². The molecule has 1 aromatic heterocycles. The highest BCUT2D eigenvalue weighted by Crippen LogP contribution is 2.26. The Labute approximate surface area is 141 Å². The average Bonchev–Trinajstić information content (AvgIpc) is 3.13. The van der Waals surface area contributed by atoms with Crippen LogP contribution in [0.3, 0.4) is 0 Å². The van der Waals surface area contributed by atoms with Gasteiger partial charge < -0.3 is 4.74 Å². The van der Waals surface area contributed by atoms with Crippen LogP contribution in [0.15, 0.2) is 24.3 Å². The lowest BCUT2D eigenvalue weighted by atomic mass is 10.1. The molecule has 9 heteroatoms. The van der Waals surface area contributed by atoms with Gasteiger partial charge in [-0.2, -0.15) is 0 Å². The Morgan fingerprint density at radius 3 is 3.04 bits per heavy atom. The molecule has 1 amide bonds. The molecule has 2 N–H and O–H groups in total. The Balaban J connectivity index is 1.60. The molecule has 0 saturated carbocycles. The Bertz CT molecular complexity index is 738. The molecule has 0 aliphatic carbocycles. The highest BCUT2D eigenvalue weighted by Gasteiger charge is 2.42. The van der Waals surface area contributed by atoms with Crippen molar-refractivity contribution >= 4 is 22.4 Å². The number of carbonyl (C=O) groups excluding carboxylic acids is 1. The Morgan fingerprint density at radius 2 is 2.33 bits per heavy atom. The van der Waals surface area contributed by atoms with Gasteiger partial charge in [0.25, 0.3) is 5.92 Å². The van der Waals surface area contributed by atoms with Gasteiger partial charge in [-0.25, -0.2) is 8.78 Å². The fraction of sp³-hybridized carbons (Fsp3) is 0.400. The molecule has 1 fully saturated rings. The van der Waals surface area contributed by atoms with Crippen molar-refractivity contribution in [1.29, 1.82) is 0 Å². The lowest BCUT2D eigenvalue weighted by Gasteiger charge is -2.08. The molecule has 1 unspecified atom stereocenters. The molecule has 1 saturated heterocycles. The third kappa shape index (κ3) is 4.04. The summed E-state index contributed by atoms with van der Waals surface area (Å²) in [4.78, 5) is 12.0. The fourth-order valence-corrected chi connectivity index (χ4v) is 3.20. The van der Waals surface area contributed by atoms with E-state index in [9.17, 15) is 13.6 Å². The van der Waals surface area contributed by atoms with Crippen molar-refractivity contribution in [2.24, 2.45) is 0 Å². The normalized spacial score (nSPS) is 19.2. The van der Waals surface area contributed by atoms with E-state index in [-0.39, 0.29) is 0 Å². The van der Waals surface area contributed by atoms with Gasteiger partial charge in [0.2, 0.25) is 11.0 Å². The number of aromatic nitrogens is 2. The minimum Gasteiger partial charge on any atom is -0.497 e. The highest BCUT2D eigenvalue weighted by molar-refractivity contribution is 7.15. The van der Waals surface area contributed by atoms with Crippen LogP contribution in [0.1, 0.15) is 17.0 Å². The summed E-state index contributed by atoms with van der Waals surface area (Å²) in [5, 5.41) is 14.0. The molecular formula is C15H16F2N4O2S. The number of hydrogen-bond acceptors (Lipinski definition) is 6. The minimum absolute atomic E-state index is 0.301. The van der Waals surface area contributed by atoms with Crippen molar-refractivity contribution in [2.45, 2.75) is 24.8 Å². The van der Waals surface area contributed by atoms with Gasteiger partial charge in [-0.15, -0.1) is 10.2 Å². The smallest absolute Gasteiger partial charge is 0.262 e. The van der Waals surface area contributed by atoms with Crippen molar-refractivity contribution in [3.8, 4) is 5.75 Å². The summed E-state index contributed by atoms with van der Waals surface area (Å²) in [5.74, 6) is -2.62. The van der Waals surface area contributed by atoms with E-state index in [4.69, 9.17) is 4.74 Å². The first-order chi connectivity index (χ1) is 11.4. The Hall–Kier alpha value is -2.13. The second kappa shape index (κ2) is 6.78. The second-order valence-corrected chi connectivity index (χ2v) is 6.57. The quantitative estimate of drug-likeness (QED) is 0.860. The summed E-state index contributed by atoms with van der Waals surface area (Å²) in [6, 6.07) is 6.64. The van der Waals surface area contributed by atoms with E-state index in [1.807, 2.05) is 24.3 Å². The summed E-state index contributed by atoms with van der Waals surface area (Å²) < 4.78 is 31.4. The number of nitrogens with one attached hydrogen (secondary N) is 2. The molecule has 0 bridgehead atoms. The number of anilines is 1. The molecule has 24 heavy (non-hydrogen) atoms. The zero-order valence-corrected chi connectivity index (χ0v) is 13.7. The summed E-state index contributed by atoms with van der Waals surface area (Å²) >= 11 is 1.22. The largest absolute Gasteiger partial charge is 0.497 e. The van der Waals surface area contributed by atoms with Crippen LogP contribution in [-0.4, -0.2) is 41.7 Å². The molecule has 6 nitrogen and oxygen atoms in total. The number of nitrogens with zero attached hydrogens (tertiary/aromatic N) is 2. The number of rotatable bonds is 5. The average molecular weight is 354 g/mol. The molecular weight excluding hydrogens is 338 g/mol. The van der Waals surface area contributed by atoms with Gasteiger partial charge in [-0.3, -0.25) is 15.4 Å². The van der Waals surface area contributed by atoms with Crippen molar-refractivity contribution in [2.75, 3.05) is 19.0 Å². The topological polar surface area (TPSA) is 76.1 Å². The predicted octanol–water partition coefficient (Wildman–Crippen LogP) is 2.07. The number of ether oxygens (including phenoxy) is 1. The first-order valence-electron chi connectivity index (χ1n) is 7.32. The summed E-state index contributed by atoms with van der Waals surface area (Å²) in [6.45, 7) is -0.484. The van der Waals surface area contributed by atoms with E-state index < -0.39 is 30.8 Å². The zero-order chi connectivity index (χ0) is 17.2. The van der Waals surface area contributed by atoms with Crippen LogP contribution in [0.5, 0.6) is 5.75 Å². The van der Waals surface area contributed by atoms with Gasteiger partial charge in [0.15, 0.2) is 0 Å². The molecule has 2 heterocycles. The standard InChI is InChI=1S/C15H16F2N4O2S/c1-23-10-4-2-3-9(5-10)6-12-20-21-14(24-12)19-13(22)11-7-15(16,17)8-18-11/h2-5,11,18H,6-8H2,1H3,(H,19,21,22). The van der Waals surface area contributed by atoms with E-state index in [1.165, 1.54) is 11.3 Å². The third-order valence-corrected chi connectivity index (χ3v) is 4.45. The van der Waals surface area contributed by atoms with Crippen LogP contribution < -0.4 is 15.4 Å². The van der Waals surface area contributed by atoms with Crippen LogP contribution in [0.2, 0.25) is 0 Å². The lowest BCUT2D eigenvalue weighted by Crippen LogP contribution is -2.35. The SMILES string of the molecule is COc1cccc(Cc2nnc(NC(=O)C3CC(F)(F)CN3)s2)c1. The lowest BCUT2D eigenvalue weighted by molar-refractivity contribution is -0.118. The Kier molecular flexibility index (Phi) is 4.72. The first-order valence-corrected chi connectivity index (χ1v) is 8.14. The number of methoxy groups -OCH3 is 1. The fourth-order valence-electron chi connectivity index (χ4n) is 2.43. The number of halogens is 2. The van der Waals surface area contributed by atoms with E-state index in [1.54, 1.807) is 7.11 Å². The van der Waals surface area contributed by atoms with E-state index in [0.29, 0.717) is 16.6 Å². The molecule has 1 aromatic carbocycles. The second-order valence-electron chi connectivity index (χ2n) is 5.51. The van der Waals surface area contributed by atoms with E-state index >= 15 is 0 Å². The molecule has 0 spiro atoms. The van der Waals surface area contributed by atoms with Gasteiger partial charge in [-0.1, -0.05) is 23.5 Å². The van der Waals surface area contributed by atoms with E-state index in [2.05, 4.69) is 20.8 Å². The maximum absolute atomic E-state index is 13.1. The third-order valence-electron chi connectivity index (χ3n) is 3.61. The van der Waals surface area contributed by atoms with Crippen LogP contribution in [0.4, 0.5) is 13.9 Å². The molecule has 128 valence electrons. The van der Waals surface area contributed by atoms with Gasteiger partial charge in [-0.05, 0) is 17.7 Å². The number of amides is 1. The summed E-state index contributed by atoms with van der Waals surface area (Å²) in [7, 11) is 1.60. The molecule has 2 aromatic rings. The zero-order valence-electron chi connectivity index (χ0n) is 12.9. The molecule has 0 radical (unpaired) electrons. The molecule has 3 rings (SSSR count). The van der Waals surface area contributed by atoms with Crippen molar-refractivity contribution in [3.63, 3.8) is 0 Å². The van der Waals surface area contributed by atoms with Crippen LogP contribution in [-0.2, 0) is 11.2 Å². The number of hydrogen-bond donors (Lipinski definition) is 2. The van der Waals surface area contributed by atoms with Gasteiger partial charge in [0.05, 0.1) is 19.7 Å². The Morgan fingerprint density at radius 1 is 1.50 bits per heavy atom. The summed E-state index contributed by atoms with van der Waals surface area (Å²) in [5.41, 5.74) is 1.00. The highest BCUT2D eigenvalue weighted by atomic mass is 32.1. The van der Waals surface area contributed by atoms with Crippen LogP contribution in [0, 0.1) is 0 Å². The molecule has 1 aliphatic heterocycles. The molecule has 1 atom stereocenters. The number of carbonyl (C=O) groups is 1. The summed E-state index contributed by atoms with van der Waals surface area (Å²) in [6.07, 6.45) is 0.0405. The number of benzene rings is 1. The minimum atomic E-state index is -2.85. The van der Waals surface area contributed by atoms with Gasteiger partial charge >= 0.3 is 0 Å². The van der Waals surface area contributed by atoms with Crippen molar-refractivity contribution in [3.05, 3.63) is 34.8 Å². The number of alkyl halides is 2. The first kappa shape index (κ1) is 16.7.